The fourth-order valence-corrected chi connectivity index (χ4v) is 3.19. The molecule has 0 aliphatic rings. The summed E-state index contributed by atoms with van der Waals surface area (Å²) in [4.78, 5) is 37.2. The molecular weight excluding hydrogens is 380 g/mol. The van der Waals surface area contributed by atoms with Crippen LogP contribution in [-0.2, 0) is 4.79 Å². The molecule has 0 spiro atoms. The maximum absolute atomic E-state index is 12.1. The van der Waals surface area contributed by atoms with Crippen molar-refractivity contribution in [1.82, 2.24) is 4.98 Å². The number of aromatic amines is 1. The Bertz CT molecular complexity index is 1210. The zero-order valence-corrected chi connectivity index (χ0v) is 16.3. The first kappa shape index (κ1) is 19.5. The van der Waals surface area contributed by atoms with Crippen molar-refractivity contribution in [2.45, 2.75) is 20.8 Å². The number of aromatic nitrogens is 1. The van der Waals surface area contributed by atoms with Gasteiger partial charge in [-0.1, -0.05) is 20.8 Å². The Labute approximate surface area is 163 Å². The lowest BCUT2D eigenvalue weighted by molar-refractivity contribution is -0.384. The Balaban J connectivity index is 1.91. The second-order valence-corrected chi connectivity index (χ2v) is 8.28. The molecule has 0 bridgehead atoms. The van der Waals surface area contributed by atoms with Crippen molar-refractivity contribution in [3.05, 3.63) is 71.8 Å². The van der Waals surface area contributed by atoms with E-state index in [1.807, 2.05) is 20.8 Å². The molecule has 0 atom stereocenters. The van der Waals surface area contributed by atoms with Gasteiger partial charge in [-0.3, -0.25) is 19.7 Å². The SMILES string of the molecule is CC(C)(C)C(=O)/C=c1\[nH]c(=O)/c(=C\c2ccc(-c3ccc([N+](=O)[O-])cc3)o2)s1. The van der Waals surface area contributed by atoms with Crippen molar-refractivity contribution >= 4 is 35.0 Å². The summed E-state index contributed by atoms with van der Waals surface area (Å²) in [5.41, 5.74) is -0.131. The highest BCUT2D eigenvalue weighted by Crippen LogP contribution is 2.24. The summed E-state index contributed by atoms with van der Waals surface area (Å²) in [6.07, 6.45) is 3.03. The molecular formula is C20H18N2O5S. The number of rotatable bonds is 4. The predicted molar refractivity (Wildman–Crippen MR) is 107 cm³/mol. The number of hydrogen-bond acceptors (Lipinski definition) is 6. The van der Waals surface area contributed by atoms with Gasteiger partial charge in [-0.15, -0.1) is 11.3 Å². The number of H-pyrrole nitrogens is 1. The summed E-state index contributed by atoms with van der Waals surface area (Å²) in [7, 11) is 0. The lowest BCUT2D eigenvalue weighted by Crippen LogP contribution is -2.22. The van der Waals surface area contributed by atoms with Crippen LogP contribution in [0.2, 0.25) is 0 Å². The summed E-state index contributed by atoms with van der Waals surface area (Å²) in [5.74, 6) is 0.924. The first-order chi connectivity index (χ1) is 13.1. The van der Waals surface area contributed by atoms with Crippen LogP contribution in [0.5, 0.6) is 0 Å². The average molecular weight is 398 g/mol. The number of furan rings is 1. The van der Waals surface area contributed by atoms with E-state index < -0.39 is 10.3 Å². The van der Waals surface area contributed by atoms with Crippen LogP contribution in [0, 0.1) is 15.5 Å². The summed E-state index contributed by atoms with van der Waals surface area (Å²) in [5, 5.41) is 10.7. The molecule has 2 aromatic heterocycles. The highest BCUT2D eigenvalue weighted by molar-refractivity contribution is 7.07. The number of nitrogens with zero attached hydrogens (tertiary/aromatic N) is 1. The third-order valence-electron chi connectivity index (χ3n) is 3.94. The Hall–Kier alpha value is -3.26. The molecule has 2 heterocycles. The van der Waals surface area contributed by atoms with Crippen molar-refractivity contribution in [3.8, 4) is 11.3 Å². The number of Topliss-reactive ketones (excluding diaryl/α,β-unsaturated/α-hetero) is 1. The molecule has 28 heavy (non-hydrogen) atoms. The normalized spacial score (nSPS) is 13.1. The first-order valence-corrected chi connectivity index (χ1v) is 9.27. The number of ketones is 1. The van der Waals surface area contributed by atoms with Gasteiger partial charge < -0.3 is 9.40 Å². The highest BCUT2D eigenvalue weighted by Gasteiger charge is 2.18. The van der Waals surface area contributed by atoms with Crippen LogP contribution >= 0.6 is 11.3 Å². The summed E-state index contributed by atoms with van der Waals surface area (Å²) >= 11 is 1.17. The van der Waals surface area contributed by atoms with Crippen LogP contribution in [-0.4, -0.2) is 15.7 Å². The number of hydrogen-bond donors (Lipinski definition) is 1. The standard InChI is InChI=1S/C20H18N2O5S/c1-20(2,3)17(23)11-18-21-19(24)16(28-18)10-14-8-9-15(27-14)12-4-6-13(7-5-12)22(25)26/h4-11H,1-3H3,(H,21,24)/b16-10+,18-11+. The number of nitro groups is 1. The predicted octanol–water partition coefficient (Wildman–Crippen LogP) is 2.83. The first-order valence-electron chi connectivity index (χ1n) is 8.45. The van der Waals surface area contributed by atoms with Crippen molar-refractivity contribution < 1.29 is 14.1 Å². The van der Waals surface area contributed by atoms with Crippen LogP contribution in [0.25, 0.3) is 23.5 Å². The smallest absolute Gasteiger partial charge is 0.269 e. The zero-order chi connectivity index (χ0) is 20.5. The van der Waals surface area contributed by atoms with Crippen LogP contribution in [0.4, 0.5) is 5.69 Å². The molecule has 0 fully saturated rings. The number of non-ortho nitro benzene ring substituents is 1. The lowest BCUT2D eigenvalue weighted by atomic mass is 9.91. The molecule has 7 nitrogen and oxygen atoms in total. The second-order valence-electron chi connectivity index (χ2n) is 7.19. The van der Waals surface area contributed by atoms with Gasteiger partial charge in [0.1, 0.15) is 11.5 Å². The number of carbonyl (C=O) groups is 1. The topological polar surface area (TPSA) is 106 Å². The fourth-order valence-electron chi connectivity index (χ4n) is 2.32. The molecule has 0 amide bonds. The van der Waals surface area contributed by atoms with Crippen molar-refractivity contribution in [2.24, 2.45) is 5.41 Å². The maximum Gasteiger partial charge on any atom is 0.269 e. The van der Waals surface area contributed by atoms with Gasteiger partial charge in [0.2, 0.25) is 0 Å². The monoisotopic (exact) mass is 398 g/mol. The quantitative estimate of drug-likeness (QED) is 0.537. The Morgan fingerprint density at radius 1 is 1.18 bits per heavy atom. The lowest BCUT2D eigenvalue weighted by Gasteiger charge is -2.12. The molecule has 0 saturated carbocycles. The molecule has 3 aromatic rings. The molecule has 3 rings (SSSR count). The van der Waals surface area contributed by atoms with Gasteiger partial charge in [-0.2, -0.15) is 0 Å². The van der Waals surface area contributed by atoms with E-state index >= 15 is 0 Å². The van der Waals surface area contributed by atoms with Gasteiger partial charge in [-0.25, -0.2) is 0 Å². The fraction of sp³-hybridized carbons (Fsp3) is 0.200. The minimum atomic E-state index is -0.522. The summed E-state index contributed by atoms with van der Waals surface area (Å²) < 4.78 is 6.62. The van der Waals surface area contributed by atoms with E-state index in [0.29, 0.717) is 26.3 Å². The van der Waals surface area contributed by atoms with Crippen molar-refractivity contribution in [3.63, 3.8) is 0 Å². The average Bonchev–Trinajstić information content (AvgIpc) is 3.21. The minimum absolute atomic E-state index is 0.000736. The van der Waals surface area contributed by atoms with E-state index in [1.54, 1.807) is 30.3 Å². The van der Waals surface area contributed by atoms with Gasteiger partial charge in [-0.05, 0) is 24.3 Å². The minimum Gasteiger partial charge on any atom is -0.457 e. The van der Waals surface area contributed by atoms with E-state index in [1.165, 1.54) is 29.5 Å². The molecule has 0 aliphatic carbocycles. The highest BCUT2D eigenvalue weighted by atomic mass is 32.1. The largest absolute Gasteiger partial charge is 0.457 e. The Kier molecular flexibility index (Phi) is 5.15. The molecule has 0 saturated heterocycles. The van der Waals surface area contributed by atoms with Crippen molar-refractivity contribution in [2.75, 3.05) is 0 Å². The molecule has 8 heteroatoms. The van der Waals surface area contributed by atoms with Gasteiger partial charge in [0.15, 0.2) is 5.78 Å². The maximum atomic E-state index is 12.1. The molecule has 1 N–H and O–H groups in total. The van der Waals surface area contributed by atoms with E-state index in [0.717, 1.165) is 0 Å². The third-order valence-corrected chi connectivity index (χ3v) is 4.91. The second kappa shape index (κ2) is 7.40. The number of carbonyl (C=O) groups excluding carboxylic acids is 1. The Morgan fingerprint density at radius 2 is 1.86 bits per heavy atom. The van der Waals surface area contributed by atoms with Crippen LogP contribution in [0.15, 0.2) is 45.6 Å². The van der Waals surface area contributed by atoms with Crippen LogP contribution in [0.1, 0.15) is 26.5 Å². The number of nitrogens with one attached hydrogen (secondary N) is 1. The van der Waals surface area contributed by atoms with Crippen LogP contribution in [0.3, 0.4) is 0 Å². The van der Waals surface area contributed by atoms with Crippen LogP contribution < -0.4 is 14.8 Å². The van der Waals surface area contributed by atoms with Crippen molar-refractivity contribution in [1.29, 1.82) is 0 Å². The molecule has 144 valence electrons. The number of thiazole rings is 1. The summed E-state index contributed by atoms with van der Waals surface area (Å²) in [6.45, 7) is 5.44. The van der Waals surface area contributed by atoms with Gasteiger partial charge in [0.25, 0.3) is 11.2 Å². The van der Waals surface area contributed by atoms with E-state index in [-0.39, 0.29) is 17.0 Å². The third kappa shape index (κ3) is 4.34. The molecule has 0 aliphatic heterocycles. The van der Waals surface area contributed by atoms with Gasteiger partial charge in [0, 0.05) is 35.3 Å². The zero-order valence-electron chi connectivity index (χ0n) is 15.5. The number of nitro benzene ring substituents is 1. The summed E-state index contributed by atoms with van der Waals surface area (Å²) in [6, 6.07) is 9.44. The number of benzene rings is 1. The molecule has 0 radical (unpaired) electrons. The molecule has 0 unspecified atom stereocenters. The van der Waals surface area contributed by atoms with E-state index in [4.69, 9.17) is 4.42 Å². The molecule has 1 aromatic carbocycles. The van der Waals surface area contributed by atoms with Gasteiger partial charge >= 0.3 is 0 Å². The Morgan fingerprint density at radius 3 is 2.46 bits per heavy atom. The van der Waals surface area contributed by atoms with E-state index in [9.17, 15) is 19.7 Å². The van der Waals surface area contributed by atoms with Gasteiger partial charge in [0.05, 0.1) is 14.1 Å². The van der Waals surface area contributed by atoms with E-state index in [2.05, 4.69) is 4.98 Å².